The molecule has 1 unspecified atom stereocenters. The summed E-state index contributed by atoms with van der Waals surface area (Å²) in [4.78, 5) is 0. The molecule has 3 heteroatoms. The van der Waals surface area contributed by atoms with Crippen LogP contribution in [0, 0.1) is 0 Å². The summed E-state index contributed by atoms with van der Waals surface area (Å²) in [5.41, 5.74) is 0. The maximum Gasteiger partial charge on any atom is 0.0785 e. The van der Waals surface area contributed by atoms with Crippen LogP contribution in [-0.2, 0) is 0 Å². The summed E-state index contributed by atoms with van der Waals surface area (Å²) in [5, 5.41) is 8.97. The number of aliphatic hydroxyl groups is 1. The van der Waals surface area contributed by atoms with Crippen molar-refractivity contribution < 1.29 is 33.6 Å². The molecule has 0 radical (unpaired) electrons. The second-order valence-corrected chi connectivity index (χ2v) is 6.70. The Morgan fingerprint density at radius 1 is 0.619 bits per heavy atom. The predicted octanol–water partition coefficient (Wildman–Crippen LogP) is 1.76. The van der Waals surface area contributed by atoms with Gasteiger partial charge in [0.1, 0.15) is 0 Å². The van der Waals surface area contributed by atoms with E-state index in [-0.39, 0.29) is 24.0 Å². The summed E-state index contributed by atoms with van der Waals surface area (Å²) in [6, 6.07) is 0. The van der Waals surface area contributed by atoms with Gasteiger partial charge in [0.15, 0.2) is 0 Å². The number of halogens is 1. The van der Waals surface area contributed by atoms with Gasteiger partial charge in [-0.1, -0.05) is 46.0 Å². The van der Waals surface area contributed by atoms with Crippen molar-refractivity contribution in [3.05, 3.63) is 0 Å². The molecule has 0 rings (SSSR count). The van der Waals surface area contributed by atoms with Crippen LogP contribution in [0.3, 0.4) is 0 Å². The molecule has 21 heavy (non-hydrogen) atoms. The maximum atomic E-state index is 8.97. The zero-order chi connectivity index (χ0) is 15.1. The summed E-state index contributed by atoms with van der Waals surface area (Å²) in [6.07, 6.45) is 14.5. The zero-order valence-corrected chi connectivity index (χ0v) is 17.0. The lowest BCUT2D eigenvalue weighted by atomic mass is 10.1. The van der Waals surface area contributed by atoms with Gasteiger partial charge in [-0.25, -0.2) is 0 Å². The molecule has 0 bridgehead atoms. The van der Waals surface area contributed by atoms with Crippen molar-refractivity contribution in [2.24, 2.45) is 0 Å². The van der Waals surface area contributed by atoms with Gasteiger partial charge in [0, 0.05) is 6.61 Å². The lowest BCUT2D eigenvalue weighted by Crippen LogP contribution is -3.00. The molecule has 0 heterocycles. The average molecular weight is 413 g/mol. The van der Waals surface area contributed by atoms with E-state index >= 15 is 0 Å². The van der Waals surface area contributed by atoms with Crippen LogP contribution < -0.4 is 24.0 Å². The molecular weight excluding hydrogens is 373 g/mol. The fourth-order valence-electron chi connectivity index (χ4n) is 2.96. The van der Waals surface area contributed by atoms with Crippen molar-refractivity contribution in [1.29, 1.82) is 0 Å². The van der Waals surface area contributed by atoms with Crippen molar-refractivity contribution in [1.82, 2.24) is 0 Å². The van der Waals surface area contributed by atoms with E-state index in [1.54, 1.807) is 0 Å². The lowest BCUT2D eigenvalue weighted by Gasteiger charge is -2.35. The second-order valence-electron chi connectivity index (χ2n) is 6.70. The van der Waals surface area contributed by atoms with Crippen LogP contribution in [0.2, 0.25) is 0 Å². The Kier molecular flexibility index (Phi) is 19.4. The first kappa shape index (κ1) is 23.9. The first-order chi connectivity index (χ1) is 9.68. The van der Waals surface area contributed by atoms with E-state index in [9.17, 15) is 0 Å². The van der Waals surface area contributed by atoms with Crippen LogP contribution in [0.15, 0.2) is 0 Å². The Morgan fingerprint density at radius 2 is 1.00 bits per heavy atom. The molecule has 0 saturated carbocycles. The van der Waals surface area contributed by atoms with Gasteiger partial charge in [0.2, 0.25) is 0 Å². The molecule has 1 N–H and O–H groups in total. The third-order valence-corrected chi connectivity index (χ3v) is 4.46. The summed E-state index contributed by atoms with van der Waals surface area (Å²) in [5.74, 6) is 0. The number of quaternary nitrogens is 1. The van der Waals surface area contributed by atoms with E-state index in [2.05, 4.69) is 20.9 Å². The molecular formula is C18H40INO. The first-order valence-electron chi connectivity index (χ1n) is 9.13. The molecule has 0 aromatic rings. The Morgan fingerprint density at radius 3 is 1.52 bits per heavy atom. The summed E-state index contributed by atoms with van der Waals surface area (Å²) in [7, 11) is 2.43. The van der Waals surface area contributed by atoms with Crippen LogP contribution in [0.5, 0.6) is 0 Å². The van der Waals surface area contributed by atoms with Gasteiger partial charge in [-0.05, 0) is 38.5 Å². The Hall–Kier alpha value is 0.650. The topological polar surface area (TPSA) is 20.2 Å². The SMILES string of the molecule is CCCCCCCC[N+](C)(CCCCC)CCCCO.[I-]. The van der Waals surface area contributed by atoms with E-state index in [1.807, 2.05) is 0 Å². The minimum atomic E-state index is 0. The van der Waals surface area contributed by atoms with Gasteiger partial charge in [0.05, 0.1) is 26.7 Å². The first-order valence-corrected chi connectivity index (χ1v) is 9.13. The largest absolute Gasteiger partial charge is 1.00 e. The summed E-state index contributed by atoms with van der Waals surface area (Å²) >= 11 is 0. The van der Waals surface area contributed by atoms with Gasteiger partial charge >= 0.3 is 0 Å². The number of rotatable bonds is 15. The second kappa shape index (κ2) is 17.0. The van der Waals surface area contributed by atoms with E-state index in [0.717, 1.165) is 6.42 Å². The van der Waals surface area contributed by atoms with E-state index in [0.29, 0.717) is 6.61 Å². The number of unbranched alkanes of at least 4 members (excludes halogenated alkanes) is 8. The van der Waals surface area contributed by atoms with Crippen LogP contribution in [0.25, 0.3) is 0 Å². The number of nitrogens with zero attached hydrogens (tertiary/aromatic N) is 1. The molecule has 0 aromatic carbocycles. The Labute approximate surface area is 151 Å². The Balaban J connectivity index is 0. The van der Waals surface area contributed by atoms with Crippen molar-refractivity contribution in [2.45, 2.75) is 84.5 Å². The van der Waals surface area contributed by atoms with Gasteiger partial charge < -0.3 is 33.6 Å². The molecule has 1 atom stereocenters. The van der Waals surface area contributed by atoms with E-state index in [1.165, 1.54) is 88.3 Å². The predicted molar refractivity (Wildman–Crippen MR) is 90.0 cm³/mol. The average Bonchev–Trinajstić information content (AvgIpc) is 2.43. The zero-order valence-electron chi connectivity index (χ0n) is 14.9. The lowest BCUT2D eigenvalue weighted by molar-refractivity contribution is -0.910. The number of hydrogen-bond donors (Lipinski definition) is 1. The van der Waals surface area contributed by atoms with Crippen LogP contribution in [0.1, 0.15) is 84.5 Å². The van der Waals surface area contributed by atoms with Crippen LogP contribution in [-0.4, -0.2) is 42.9 Å². The quantitative estimate of drug-likeness (QED) is 0.247. The highest BCUT2D eigenvalue weighted by molar-refractivity contribution is 4.48. The highest BCUT2D eigenvalue weighted by Crippen LogP contribution is 2.13. The highest BCUT2D eigenvalue weighted by atomic mass is 127. The molecule has 0 spiro atoms. The molecule has 0 amide bonds. The molecule has 0 aromatic heterocycles. The fourth-order valence-corrected chi connectivity index (χ4v) is 2.96. The van der Waals surface area contributed by atoms with Crippen molar-refractivity contribution in [3.8, 4) is 0 Å². The van der Waals surface area contributed by atoms with Crippen molar-refractivity contribution in [2.75, 3.05) is 33.3 Å². The summed E-state index contributed by atoms with van der Waals surface area (Å²) < 4.78 is 1.23. The van der Waals surface area contributed by atoms with E-state index in [4.69, 9.17) is 5.11 Å². The monoisotopic (exact) mass is 413 g/mol. The Bertz CT molecular complexity index is 190. The van der Waals surface area contributed by atoms with Gasteiger partial charge in [-0.3, -0.25) is 0 Å². The summed E-state index contributed by atoms with van der Waals surface area (Å²) in [6.45, 7) is 8.83. The standard InChI is InChI=1S/C18H40NO.HI/c1-4-6-8-9-10-12-16-19(3,15-11-7-5-2)17-13-14-18-20;/h20H,4-18H2,1-3H3;1H/q+1;/p-1. The molecule has 2 nitrogen and oxygen atoms in total. The minimum Gasteiger partial charge on any atom is -1.00 e. The van der Waals surface area contributed by atoms with E-state index < -0.39 is 0 Å². The van der Waals surface area contributed by atoms with Gasteiger partial charge in [0.25, 0.3) is 0 Å². The molecule has 0 aliphatic carbocycles. The molecule has 0 fully saturated rings. The number of aliphatic hydroxyl groups excluding tert-OH is 1. The molecule has 0 aliphatic heterocycles. The maximum absolute atomic E-state index is 8.97. The molecule has 0 aliphatic rings. The third-order valence-electron chi connectivity index (χ3n) is 4.46. The third kappa shape index (κ3) is 15.3. The van der Waals surface area contributed by atoms with Crippen molar-refractivity contribution in [3.63, 3.8) is 0 Å². The smallest absolute Gasteiger partial charge is 0.0785 e. The number of hydrogen-bond acceptors (Lipinski definition) is 1. The normalized spacial score (nSPS) is 13.7. The molecule has 0 saturated heterocycles. The van der Waals surface area contributed by atoms with Gasteiger partial charge in [-0.15, -0.1) is 0 Å². The van der Waals surface area contributed by atoms with Crippen LogP contribution >= 0.6 is 0 Å². The highest BCUT2D eigenvalue weighted by Gasteiger charge is 2.19. The van der Waals surface area contributed by atoms with Crippen molar-refractivity contribution >= 4 is 0 Å². The minimum absolute atomic E-state index is 0. The van der Waals surface area contributed by atoms with Crippen LogP contribution in [0.4, 0.5) is 0 Å². The molecule has 130 valence electrons. The fraction of sp³-hybridized carbons (Fsp3) is 1.00. The van der Waals surface area contributed by atoms with Gasteiger partial charge in [-0.2, -0.15) is 0 Å².